The van der Waals surface area contributed by atoms with Gasteiger partial charge in [0, 0.05) is 6.08 Å². The van der Waals surface area contributed by atoms with Crippen molar-refractivity contribution in [3.63, 3.8) is 0 Å². The fraction of sp³-hybridized carbons (Fsp3) is 0.118. The number of carbonyl (C=O) groups is 1. The zero-order chi connectivity index (χ0) is 13.8. The first-order chi connectivity index (χ1) is 9.08. The van der Waals surface area contributed by atoms with Crippen LogP contribution in [0.4, 0.5) is 0 Å². The van der Waals surface area contributed by atoms with Crippen LogP contribution in [0.15, 0.2) is 54.6 Å². The second-order valence-electron chi connectivity index (χ2n) is 4.58. The van der Waals surface area contributed by atoms with E-state index in [-0.39, 0.29) is 0 Å². The summed E-state index contributed by atoms with van der Waals surface area (Å²) in [6.07, 6.45) is 1.27. The number of hydrogen-bond donors (Lipinski definition) is 1. The molecule has 0 atom stereocenters. The monoisotopic (exact) mass is 252 g/mol. The Morgan fingerprint density at radius 3 is 2.32 bits per heavy atom. The lowest BCUT2D eigenvalue weighted by molar-refractivity contribution is -0.131. The van der Waals surface area contributed by atoms with Gasteiger partial charge in [-0.3, -0.25) is 0 Å². The highest BCUT2D eigenvalue weighted by molar-refractivity contribution is 5.95. The zero-order valence-corrected chi connectivity index (χ0v) is 11.1. The molecule has 0 saturated carbocycles. The molecule has 0 bridgehead atoms. The van der Waals surface area contributed by atoms with Crippen molar-refractivity contribution in [3.05, 3.63) is 76.9 Å². The third-order valence-corrected chi connectivity index (χ3v) is 3.02. The van der Waals surface area contributed by atoms with Crippen LogP contribution in [0.5, 0.6) is 0 Å². The molecule has 2 rings (SSSR count). The zero-order valence-electron chi connectivity index (χ0n) is 11.1. The van der Waals surface area contributed by atoms with Crippen molar-refractivity contribution in [3.8, 4) is 0 Å². The fourth-order valence-electron chi connectivity index (χ4n) is 2.17. The van der Waals surface area contributed by atoms with E-state index in [9.17, 15) is 4.79 Å². The smallest absolute Gasteiger partial charge is 0.328 e. The van der Waals surface area contributed by atoms with Crippen LogP contribution in [-0.2, 0) is 4.79 Å². The molecule has 0 radical (unpaired) electrons. The van der Waals surface area contributed by atoms with E-state index < -0.39 is 5.97 Å². The molecule has 0 aromatic heterocycles. The van der Waals surface area contributed by atoms with Gasteiger partial charge < -0.3 is 5.11 Å². The minimum atomic E-state index is -0.932. The van der Waals surface area contributed by atoms with E-state index in [4.69, 9.17) is 5.11 Å². The lowest BCUT2D eigenvalue weighted by atomic mass is 9.93. The van der Waals surface area contributed by atoms with Crippen LogP contribution in [0.25, 0.3) is 5.57 Å². The number of rotatable bonds is 3. The van der Waals surface area contributed by atoms with Crippen LogP contribution in [0.2, 0.25) is 0 Å². The summed E-state index contributed by atoms with van der Waals surface area (Å²) in [7, 11) is 0. The average molecular weight is 252 g/mol. The van der Waals surface area contributed by atoms with Crippen molar-refractivity contribution in [2.24, 2.45) is 0 Å². The summed E-state index contributed by atoms with van der Waals surface area (Å²) in [6, 6.07) is 15.6. The molecule has 0 heterocycles. The van der Waals surface area contributed by atoms with Gasteiger partial charge in [-0.15, -0.1) is 0 Å². The van der Waals surface area contributed by atoms with Crippen LogP contribution in [-0.4, -0.2) is 11.1 Å². The molecule has 0 aliphatic heterocycles. The molecule has 96 valence electrons. The maximum atomic E-state index is 11.1. The maximum absolute atomic E-state index is 11.1. The highest BCUT2D eigenvalue weighted by Crippen LogP contribution is 2.26. The molecule has 19 heavy (non-hydrogen) atoms. The molecule has 0 amide bonds. The van der Waals surface area contributed by atoms with Gasteiger partial charge in [-0.2, -0.15) is 0 Å². The molecule has 2 aromatic rings. The first kappa shape index (κ1) is 13.1. The van der Waals surface area contributed by atoms with Gasteiger partial charge in [0.05, 0.1) is 0 Å². The average Bonchev–Trinajstić information content (AvgIpc) is 2.37. The molecular weight excluding hydrogens is 236 g/mol. The summed E-state index contributed by atoms with van der Waals surface area (Å²) in [5.41, 5.74) is 4.86. The molecule has 2 nitrogen and oxygen atoms in total. The Morgan fingerprint density at radius 1 is 1.05 bits per heavy atom. The molecule has 0 aliphatic rings. The van der Waals surface area contributed by atoms with Crippen molar-refractivity contribution in [1.29, 1.82) is 0 Å². The Morgan fingerprint density at radius 2 is 1.74 bits per heavy atom. The van der Waals surface area contributed by atoms with Crippen LogP contribution in [0, 0.1) is 13.8 Å². The van der Waals surface area contributed by atoms with E-state index in [0.29, 0.717) is 0 Å². The van der Waals surface area contributed by atoms with Gasteiger partial charge in [0.25, 0.3) is 0 Å². The second kappa shape index (κ2) is 5.53. The van der Waals surface area contributed by atoms with Crippen molar-refractivity contribution in [1.82, 2.24) is 0 Å². The standard InChI is InChI=1S/C17H16O2/c1-12-8-9-15(13(2)10-12)16(11-17(18)19)14-6-4-3-5-7-14/h3-11H,1-2H3,(H,18,19)/b16-11+. The van der Waals surface area contributed by atoms with Gasteiger partial charge in [-0.05, 0) is 36.1 Å². The van der Waals surface area contributed by atoms with Gasteiger partial charge >= 0.3 is 5.97 Å². The number of carboxylic acids is 1. The molecule has 2 heteroatoms. The quantitative estimate of drug-likeness (QED) is 0.843. The second-order valence-corrected chi connectivity index (χ2v) is 4.58. The Balaban J connectivity index is 2.60. The van der Waals surface area contributed by atoms with E-state index in [2.05, 4.69) is 6.07 Å². The predicted molar refractivity (Wildman–Crippen MR) is 77.1 cm³/mol. The summed E-state index contributed by atoms with van der Waals surface area (Å²) >= 11 is 0. The molecule has 0 spiro atoms. The first-order valence-electron chi connectivity index (χ1n) is 6.15. The van der Waals surface area contributed by atoms with Crippen LogP contribution in [0.1, 0.15) is 22.3 Å². The lowest BCUT2D eigenvalue weighted by Crippen LogP contribution is -1.97. The molecule has 0 unspecified atom stereocenters. The Labute approximate surface area is 113 Å². The van der Waals surface area contributed by atoms with Gasteiger partial charge in [-0.25, -0.2) is 4.79 Å². The summed E-state index contributed by atoms with van der Waals surface area (Å²) in [5.74, 6) is -0.932. The molecule has 0 fully saturated rings. The van der Waals surface area contributed by atoms with Gasteiger partial charge in [0.15, 0.2) is 0 Å². The molecule has 0 saturated heterocycles. The van der Waals surface area contributed by atoms with Gasteiger partial charge in [0.1, 0.15) is 0 Å². The molecule has 2 aromatic carbocycles. The normalized spacial score (nSPS) is 11.4. The van der Waals surface area contributed by atoms with E-state index >= 15 is 0 Å². The highest BCUT2D eigenvalue weighted by atomic mass is 16.4. The van der Waals surface area contributed by atoms with Crippen LogP contribution < -0.4 is 0 Å². The van der Waals surface area contributed by atoms with Crippen molar-refractivity contribution < 1.29 is 9.90 Å². The van der Waals surface area contributed by atoms with Gasteiger partial charge in [-0.1, -0.05) is 54.1 Å². The highest BCUT2D eigenvalue weighted by Gasteiger charge is 2.09. The summed E-state index contributed by atoms with van der Waals surface area (Å²) in [6.45, 7) is 4.03. The van der Waals surface area contributed by atoms with Gasteiger partial charge in [0.2, 0.25) is 0 Å². The Hall–Kier alpha value is -2.35. The van der Waals surface area contributed by atoms with E-state index in [1.54, 1.807) is 0 Å². The number of carboxylic acid groups (broad SMARTS) is 1. The number of benzene rings is 2. The fourth-order valence-corrected chi connectivity index (χ4v) is 2.17. The SMILES string of the molecule is Cc1ccc(/C(=C/C(=O)O)c2ccccc2)c(C)c1. The van der Waals surface area contributed by atoms with Crippen molar-refractivity contribution in [2.75, 3.05) is 0 Å². The first-order valence-corrected chi connectivity index (χ1v) is 6.15. The number of aryl methyl sites for hydroxylation is 2. The topological polar surface area (TPSA) is 37.3 Å². The van der Waals surface area contributed by atoms with E-state index in [1.807, 2.05) is 56.3 Å². The third kappa shape index (κ3) is 3.10. The minimum absolute atomic E-state index is 0.741. The molecule has 0 aliphatic carbocycles. The Kier molecular flexibility index (Phi) is 3.81. The van der Waals surface area contributed by atoms with Crippen LogP contribution >= 0.6 is 0 Å². The Bertz CT molecular complexity index is 625. The number of aliphatic carboxylic acids is 1. The van der Waals surface area contributed by atoms with Crippen molar-refractivity contribution >= 4 is 11.5 Å². The summed E-state index contributed by atoms with van der Waals surface area (Å²) in [5, 5.41) is 9.08. The number of hydrogen-bond acceptors (Lipinski definition) is 1. The van der Waals surface area contributed by atoms with E-state index in [1.165, 1.54) is 11.6 Å². The summed E-state index contributed by atoms with van der Waals surface area (Å²) < 4.78 is 0. The minimum Gasteiger partial charge on any atom is -0.478 e. The maximum Gasteiger partial charge on any atom is 0.328 e. The van der Waals surface area contributed by atoms with E-state index in [0.717, 1.165) is 22.3 Å². The molecular formula is C17H16O2. The lowest BCUT2D eigenvalue weighted by Gasteiger charge is -2.11. The third-order valence-electron chi connectivity index (χ3n) is 3.02. The van der Waals surface area contributed by atoms with Crippen molar-refractivity contribution in [2.45, 2.75) is 13.8 Å². The largest absolute Gasteiger partial charge is 0.478 e. The summed E-state index contributed by atoms with van der Waals surface area (Å²) in [4.78, 5) is 11.1. The predicted octanol–water partition coefficient (Wildman–Crippen LogP) is 3.82. The molecule has 1 N–H and O–H groups in total. The van der Waals surface area contributed by atoms with Crippen LogP contribution in [0.3, 0.4) is 0 Å².